The molecule has 1 N–H and O–H groups in total. The maximum absolute atomic E-state index is 13.3. The van der Waals surface area contributed by atoms with E-state index in [2.05, 4.69) is 44.0 Å². The highest BCUT2D eigenvalue weighted by atomic mass is 35.5. The molecule has 0 radical (unpaired) electrons. The van der Waals surface area contributed by atoms with E-state index in [1.54, 1.807) is 0 Å². The number of halogens is 5. The van der Waals surface area contributed by atoms with E-state index >= 15 is 0 Å². The van der Waals surface area contributed by atoms with Gasteiger partial charge in [0.05, 0.1) is 19.3 Å². The van der Waals surface area contributed by atoms with Crippen molar-refractivity contribution in [3.05, 3.63) is 83.2 Å². The van der Waals surface area contributed by atoms with Crippen LogP contribution < -0.4 is 9.47 Å². The van der Waals surface area contributed by atoms with Gasteiger partial charge < -0.3 is 19.5 Å². The minimum Gasteiger partial charge on any atom is -0.481 e. The van der Waals surface area contributed by atoms with Gasteiger partial charge in [-0.25, -0.2) is 0 Å². The van der Waals surface area contributed by atoms with Crippen molar-refractivity contribution in [1.29, 1.82) is 0 Å². The summed E-state index contributed by atoms with van der Waals surface area (Å²) in [6.45, 7) is 1.40. The third kappa shape index (κ3) is 8.89. The van der Waals surface area contributed by atoms with E-state index in [1.807, 2.05) is 41.3 Å². The van der Waals surface area contributed by atoms with Crippen LogP contribution in [0.4, 0.5) is 13.2 Å². The molecule has 0 spiro atoms. The molecule has 6 rings (SSSR count). The number of amides is 1. The van der Waals surface area contributed by atoms with Crippen LogP contribution in [-0.4, -0.2) is 107 Å². The van der Waals surface area contributed by atoms with Crippen molar-refractivity contribution in [3.63, 3.8) is 0 Å². The summed E-state index contributed by atoms with van der Waals surface area (Å²) in [5, 5.41) is 9.43. The van der Waals surface area contributed by atoms with Crippen LogP contribution in [0, 0.1) is 0 Å². The van der Waals surface area contributed by atoms with Crippen molar-refractivity contribution in [2.24, 2.45) is 0 Å². The lowest BCUT2D eigenvalue weighted by atomic mass is 9.81. The summed E-state index contributed by atoms with van der Waals surface area (Å²) >= 11 is 0. The topological polar surface area (TPSA) is 91.3 Å². The van der Waals surface area contributed by atoms with E-state index in [9.17, 15) is 23.1 Å². The fourth-order valence-electron chi connectivity index (χ4n) is 6.86. The van der Waals surface area contributed by atoms with Crippen molar-refractivity contribution >= 4 is 30.7 Å². The van der Waals surface area contributed by atoms with Crippen LogP contribution in [0.3, 0.4) is 0 Å². The van der Waals surface area contributed by atoms with Crippen molar-refractivity contribution in [2.45, 2.75) is 55.9 Å². The smallest absolute Gasteiger partial charge is 0.422 e. The van der Waals surface area contributed by atoms with Gasteiger partial charge >= 0.3 is 6.18 Å². The third-order valence-corrected chi connectivity index (χ3v) is 9.09. The molecule has 9 nitrogen and oxygen atoms in total. The monoisotopic (exact) mass is 711 g/mol. The van der Waals surface area contributed by atoms with E-state index in [4.69, 9.17) is 9.47 Å². The Kier molecular flexibility index (Phi) is 12.9. The Morgan fingerprint density at radius 2 is 1.56 bits per heavy atom. The molecule has 14 heteroatoms. The highest BCUT2D eigenvalue weighted by Crippen LogP contribution is 2.42. The molecule has 1 aromatic heterocycles. The number of aliphatic hydroxyl groups is 1. The van der Waals surface area contributed by atoms with E-state index in [-0.39, 0.29) is 86.0 Å². The number of alkyl halides is 3. The number of aromatic nitrogens is 2. The van der Waals surface area contributed by atoms with E-state index in [0.717, 1.165) is 24.0 Å². The Bertz CT molecular complexity index is 1450. The normalized spacial score (nSPS) is 20.0. The second-order valence-electron chi connectivity index (χ2n) is 12.3. The number of hydrogen-bond donors (Lipinski definition) is 1. The lowest BCUT2D eigenvalue weighted by molar-refractivity contribution is -0.154. The Morgan fingerprint density at radius 1 is 0.938 bits per heavy atom. The lowest BCUT2D eigenvalue weighted by Gasteiger charge is -2.53. The molecule has 0 bridgehead atoms. The number of carbonyl (C=O) groups is 1. The second-order valence-corrected chi connectivity index (χ2v) is 12.3. The van der Waals surface area contributed by atoms with Crippen molar-refractivity contribution in [2.75, 3.05) is 53.0 Å². The molecule has 3 heterocycles. The molecule has 3 aliphatic rings. The Morgan fingerprint density at radius 3 is 2.12 bits per heavy atom. The maximum atomic E-state index is 13.3. The van der Waals surface area contributed by atoms with Crippen molar-refractivity contribution < 1.29 is 32.5 Å². The largest absolute Gasteiger partial charge is 0.481 e. The fraction of sp³-hybridized carbons (Fsp3) is 0.500. The Labute approximate surface area is 291 Å². The standard InChI is InChI=1S/C34H40F3N5O4.2ClH/c1-45-32-27(33(46-22-34(35,36)37)39-31(38-32)25-12-13-25)20-40-18-26-19-41(29(44)14-17-43)15-16-42(26)28(21-40)30(23-8-4-2-5-9-23)24-10-6-3-7-11-24;;/h2-11,25-26,28,30,43H,12-22H2,1H3;2*1H/t26-,28+;;/m1../s1. The molecule has 1 saturated carbocycles. The molecule has 1 aliphatic carbocycles. The van der Waals surface area contributed by atoms with Crippen LogP contribution in [0.1, 0.15) is 53.6 Å². The SMILES string of the molecule is COc1nc(C2CC2)nc(OCC(F)(F)F)c1CN1C[C@@H]2CN(C(=O)CCO)CCN2[C@H](C(c2ccccc2)c2ccccc2)C1.Cl.Cl. The number of methoxy groups -OCH3 is 1. The molecule has 262 valence electrons. The molecule has 3 fully saturated rings. The highest BCUT2D eigenvalue weighted by Gasteiger charge is 2.43. The number of piperazine rings is 2. The summed E-state index contributed by atoms with van der Waals surface area (Å²) in [7, 11) is 1.46. The predicted molar refractivity (Wildman–Crippen MR) is 179 cm³/mol. The number of nitrogens with zero attached hydrogens (tertiary/aromatic N) is 5. The molecule has 0 unspecified atom stereocenters. The van der Waals surface area contributed by atoms with Crippen LogP contribution in [0.5, 0.6) is 11.8 Å². The van der Waals surface area contributed by atoms with Gasteiger partial charge in [-0.2, -0.15) is 23.1 Å². The number of hydrogen-bond acceptors (Lipinski definition) is 8. The maximum Gasteiger partial charge on any atom is 0.422 e. The Balaban J connectivity index is 0.00000260. The number of rotatable bonds is 11. The zero-order valence-corrected chi connectivity index (χ0v) is 28.4. The minimum atomic E-state index is -4.53. The number of fused-ring (bicyclic) bond motifs is 1. The highest BCUT2D eigenvalue weighted by molar-refractivity contribution is 5.85. The van der Waals surface area contributed by atoms with Gasteiger partial charge in [0.25, 0.3) is 0 Å². The number of ether oxygens (including phenoxy) is 2. The number of carbonyl (C=O) groups excluding carboxylic acids is 1. The molecular formula is C34H42Cl2F3N5O4. The van der Waals surface area contributed by atoms with Gasteiger partial charge in [-0.15, -0.1) is 24.8 Å². The second kappa shape index (κ2) is 16.5. The summed E-state index contributed by atoms with van der Waals surface area (Å²) in [6, 6.07) is 20.5. The summed E-state index contributed by atoms with van der Waals surface area (Å²) in [4.78, 5) is 28.4. The third-order valence-electron chi connectivity index (χ3n) is 9.09. The van der Waals surface area contributed by atoms with E-state index in [0.29, 0.717) is 44.1 Å². The predicted octanol–water partition coefficient (Wildman–Crippen LogP) is 5.06. The van der Waals surface area contributed by atoms with Gasteiger partial charge in [0.15, 0.2) is 6.61 Å². The zero-order chi connectivity index (χ0) is 32.3. The number of benzene rings is 2. The molecule has 2 atom stereocenters. The summed E-state index contributed by atoms with van der Waals surface area (Å²) in [5.41, 5.74) is 2.69. The summed E-state index contributed by atoms with van der Waals surface area (Å²) < 4.78 is 51.0. The lowest BCUT2D eigenvalue weighted by Crippen LogP contribution is -2.67. The van der Waals surface area contributed by atoms with Gasteiger partial charge in [0, 0.05) is 69.6 Å². The molecule has 2 aliphatic heterocycles. The van der Waals surface area contributed by atoms with Crippen LogP contribution in [-0.2, 0) is 11.3 Å². The van der Waals surface area contributed by atoms with E-state index in [1.165, 1.54) is 7.11 Å². The molecule has 3 aromatic rings. The molecule has 48 heavy (non-hydrogen) atoms. The average Bonchev–Trinajstić information content (AvgIpc) is 3.91. The van der Waals surface area contributed by atoms with Crippen molar-refractivity contribution in [3.8, 4) is 11.8 Å². The first-order chi connectivity index (χ1) is 22.2. The van der Waals surface area contributed by atoms with E-state index < -0.39 is 12.8 Å². The zero-order valence-electron chi connectivity index (χ0n) is 26.7. The molecular weight excluding hydrogens is 670 g/mol. The van der Waals surface area contributed by atoms with Gasteiger partial charge in [0.2, 0.25) is 17.7 Å². The van der Waals surface area contributed by atoms with Gasteiger partial charge in [0.1, 0.15) is 5.82 Å². The fourth-order valence-corrected chi connectivity index (χ4v) is 6.86. The quantitative estimate of drug-likeness (QED) is 0.296. The van der Waals surface area contributed by atoms with Crippen LogP contribution in [0.15, 0.2) is 60.7 Å². The van der Waals surface area contributed by atoms with Crippen LogP contribution in [0.25, 0.3) is 0 Å². The summed E-state index contributed by atoms with van der Waals surface area (Å²) in [5.74, 6) is 0.552. The van der Waals surface area contributed by atoms with Crippen LogP contribution >= 0.6 is 24.8 Å². The average molecular weight is 713 g/mol. The number of aliphatic hydroxyl groups excluding tert-OH is 1. The minimum absolute atomic E-state index is 0. The first-order valence-corrected chi connectivity index (χ1v) is 15.8. The first-order valence-electron chi connectivity index (χ1n) is 15.8. The molecule has 1 amide bonds. The van der Waals surface area contributed by atoms with Gasteiger partial charge in [-0.05, 0) is 24.0 Å². The van der Waals surface area contributed by atoms with Crippen LogP contribution in [0.2, 0.25) is 0 Å². The molecule has 2 aromatic carbocycles. The van der Waals surface area contributed by atoms with Gasteiger partial charge in [-0.3, -0.25) is 14.6 Å². The first kappa shape index (κ1) is 37.7. The Hall–Kier alpha value is -3.16. The summed E-state index contributed by atoms with van der Waals surface area (Å²) in [6.07, 6.45) is -2.72. The van der Waals surface area contributed by atoms with Crippen molar-refractivity contribution in [1.82, 2.24) is 24.7 Å². The molecule has 2 saturated heterocycles. The van der Waals surface area contributed by atoms with Gasteiger partial charge in [-0.1, -0.05) is 60.7 Å².